The Morgan fingerprint density at radius 1 is 1.26 bits per heavy atom. The van der Waals surface area contributed by atoms with E-state index in [0.717, 1.165) is 10.0 Å². The summed E-state index contributed by atoms with van der Waals surface area (Å²) in [7, 11) is 1.87. The first-order valence-corrected chi connectivity index (χ1v) is 7.14. The molecule has 1 N–H and O–H groups in total. The molecule has 0 fully saturated rings. The largest absolute Gasteiger partial charge is 0.313 e. The van der Waals surface area contributed by atoms with E-state index in [9.17, 15) is 4.39 Å². The smallest absolute Gasteiger partial charge is 0.126 e. The van der Waals surface area contributed by atoms with E-state index in [2.05, 4.69) is 21.2 Å². The van der Waals surface area contributed by atoms with Crippen molar-refractivity contribution in [3.8, 4) is 0 Å². The topological polar surface area (TPSA) is 12.0 Å². The van der Waals surface area contributed by atoms with Crippen LogP contribution in [0.4, 0.5) is 4.39 Å². The average Bonchev–Trinajstić information content (AvgIpc) is 2.41. The van der Waals surface area contributed by atoms with Crippen LogP contribution in [0.25, 0.3) is 0 Å². The summed E-state index contributed by atoms with van der Waals surface area (Å²) in [6, 6.07) is 12.6. The van der Waals surface area contributed by atoms with Crippen LogP contribution in [0.5, 0.6) is 0 Å². The molecule has 2 aromatic rings. The molecule has 1 nitrogen and oxygen atoms in total. The van der Waals surface area contributed by atoms with Crippen molar-refractivity contribution in [2.24, 2.45) is 0 Å². The minimum Gasteiger partial charge on any atom is -0.313 e. The first kappa shape index (κ1) is 14.5. The van der Waals surface area contributed by atoms with Crippen molar-refractivity contribution >= 4 is 27.5 Å². The highest BCUT2D eigenvalue weighted by Crippen LogP contribution is 2.27. The van der Waals surface area contributed by atoms with Gasteiger partial charge in [0.25, 0.3) is 0 Å². The SMILES string of the molecule is CNC(Cc1cc(Cl)ccc1F)c1ccccc1Br. The highest BCUT2D eigenvalue weighted by molar-refractivity contribution is 9.10. The highest BCUT2D eigenvalue weighted by atomic mass is 79.9. The Bertz CT molecular complexity index is 574. The minimum absolute atomic E-state index is 0.0311. The molecule has 2 aromatic carbocycles. The van der Waals surface area contributed by atoms with Gasteiger partial charge in [-0.2, -0.15) is 0 Å². The molecule has 0 radical (unpaired) electrons. The van der Waals surface area contributed by atoms with Gasteiger partial charge in [0.2, 0.25) is 0 Å². The van der Waals surface area contributed by atoms with Gasteiger partial charge in [-0.25, -0.2) is 4.39 Å². The van der Waals surface area contributed by atoms with E-state index < -0.39 is 0 Å². The lowest BCUT2D eigenvalue weighted by Crippen LogP contribution is -2.19. The van der Waals surface area contributed by atoms with Crippen LogP contribution in [0.15, 0.2) is 46.9 Å². The van der Waals surface area contributed by atoms with E-state index in [1.165, 1.54) is 6.07 Å². The van der Waals surface area contributed by atoms with Gasteiger partial charge in [0.1, 0.15) is 5.82 Å². The van der Waals surface area contributed by atoms with Crippen molar-refractivity contribution in [1.82, 2.24) is 5.32 Å². The number of benzene rings is 2. The monoisotopic (exact) mass is 341 g/mol. The van der Waals surface area contributed by atoms with E-state index in [-0.39, 0.29) is 11.9 Å². The van der Waals surface area contributed by atoms with Gasteiger partial charge in [0, 0.05) is 15.5 Å². The van der Waals surface area contributed by atoms with Crippen molar-refractivity contribution in [2.75, 3.05) is 7.05 Å². The van der Waals surface area contributed by atoms with Crippen molar-refractivity contribution in [1.29, 1.82) is 0 Å². The van der Waals surface area contributed by atoms with Gasteiger partial charge >= 0.3 is 0 Å². The highest BCUT2D eigenvalue weighted by Gasteiger charge is 2.15. The van der Waals surface area contributed by atoms with Crippen LogP contribution in [0.3, 0.4) is 0 Å². The number of hydrogen-bond donors (Lipinski definition) is 1. The van der Waals surface area contributed by atoms with Gasteiger partial charge in [-0.3, -0.25) is 0 Å². The van der Waals surface area contributed by atoms with Crippen molar-refractivity contribution < 1.29 is 4.39 Å². The fourth-order valence-electron chi connectivity index (χ4n) is 2.04. The molecule has 0 saturated heterocycles. The second kappa shape index (κ2) is 6.51. The number of nitrogens with one attached hydrogen (secondary N) is 1. The maximum absolute atomic E-state index is 13.8. The molecular formula is C15H14BrClFN. The molecule has 19 heavy (non-hydrogen) atoms. The van der Waals surface area contributed by atoms with E-state index >= 15 is 0 Å². The molecule has 0 spiro atoms. The first-order valence-electron chi connectivity index (χ1n) is 5.97. The molecule has 1 atom stereocenters. The normalized spacial score (nSPS) is 12.4. The van der Waals surface area contributed by atoms with Gasteiger partial charge in [-0.1, -0.05) is 45.7 Å². The lowest BCUT2D eigenvalue weighted by molar-refractivity contribution is 0.553. The zero-order valence-corrected chi connectivity index (χ0v) is 12.8. The van der Waals surface area contributed by atoms with Crippen molar-refractivity contribution in [3.63, 3.8) is 0 Å². The van der Waals surface area contributed by atoms with Gasteiger partial charge in [0.15, 0.2) is 0 Å². The van der Waals surface area contributed by atoms with Crippen LogP contribution in [-0.4, -0.2) is 7.05 Å². The minimum atomic E-state index is -0.225. The second-order valence-electron chi connectivity index (χ2n) is 4.30. The van der Waals surface area contributed by atoms with Gasteiger partial charge in [0.05, 0.1) is 0 Å². The Labute approximate surface area is 125 Å². The van der Waals surface area contributed by atoms with Crippen LogP contribution < -0.4 is 5.32 Å². The first-order chi connectivity index (χ1) is 9.11. The Morgan fingerprint density at radius 3 is 2.68 bits per heavy atom. The predicted molar refractivity (Wildman–Crippen MR) is 81.1 cm³/mol. The lowest BCUT2D eigenvalue weighted by Gasteiger charge is -2.18. The molecule has 0 aliphatic heterocycles. The molecule has 100 valence electrons. The fourth-order valence-corrected chi connectivity index (χ4v) is 2.80. The molecule has 1 unspecified atom stereocenters. The molecule has 0 aliphatic carbocycles. The molecular weight excluding hydrogens is 329 g/mol. The Hall–Kier alpha value is -0.900. The number of hydrogen-bond acceptors (Lipinski definition) is 1. The molecule has 4 heteroatoms. The standard InChI is InChI=1S/C15H14BrClFN/c1-19-15(12-4-2-3-5-13(12)16)9-10-8-11(17)6-7-14(10)18/h2-8,15,19H,9H2,1H3. The summed E-state index contributed by atoms with van der Waals surface area (Å²) < 4.78 is 14.8. The third-order valence-corrected chi connectivity index (χ3v) is 4.02. The summed E-state index contributed by atoms with van der Waals surface area (Å²) in [5.41, 5.74) is 1.71. The Balaban J connectivity index is 2.29. The van der Waals surface area contributed by atoms with Crippen LogP contribution >= 0.6 is 27.5 Å². The van der Waals surface area contributed by atoms with Crippen molar-refractivity contribution in [2.45, 2.75) is 12.5 Å². The summed E-state index contributed by atoms with van der Waals surface area (Å²) in [6.07, 6.45) is 0.547. The summed E-state index contributed by atoms with van der Waals surface area (Å²) in [5.74, 6) is -0.225. The maximum Gasteiger partial charge on any atom is 0.126 e. The molecule has 0 aromatic heterocycles. The number of rotatable bonds is 4. The van der Waals surface area contributed by atoms with Crippen LogP contribution in [-0.2, 0) is 6.42 Å². The lowest BCUT2D eigenvalue weighted by atomic mass is 9.99. The van der Waals surface area contributed by atoms with E-state index in [1.54, 1.807) is 12.1 Å². The molecule has 0 amide bonds. The molecule has 0 aliphatic rings. The molecule has 2 rings (SSSR count). The third-order valence-electron chi connectivity index (χ3n) is 3.06. The second-order valence-corrected chi connectivity index (χ2v) is 5.59. The van der Waals surface area contributed by atoms with Crippen LogP contribution in [0, 0.1) is 5.82 Å². The van der Waals surface area contributed by atoms with Crippen molar-refractivity contribution in [3.05, 3.63) is 68.9 Å². The van der Waals surface area contributed by atoms with E-state index in [4.69, 9.17) is 11.6 Å². The maximum atomic E-state index is 13.8. The van der Waals surface area contributed by atoms with Crippen LogP contribution in [0.2, 0.25) is 5.02 Å². The molecule has 0 bridgehead atoms. The van der Waals surface area contributed by atoms with Crippen LogP contribution in [0.1, 0.15) is 17.2 Å². The summed E-state index contributed by atoms with van der Waals surface area (Å²) in [5, 5.41) is 3.77. The summed E-state index contributed by atoms with van der Waals surface area (Å²) in [4.78, 5) is 0. The number of likely N-dealkylation sites (N-methyl/N-ethyl adjacent to an activating group) is 1. The third kappa shape index (κ3) is 3.56. The fraction of sp³-hybridized carbons (Fsp3) is 0.200. The zero-order chi connectivity index (χ0) is 13.8. The Morgan fingerprint density at radius 2 is 2.00 bits per heavy atom. The summed E-state index contributed by atoms with van der Waals surface area (Å²) in [6.45, 7) is 0. The molecule has 0 saturated carbocycles. The Kier molecular flexibility index (Phi) is 4.97. The quantitative estimate of drug-likeness (QED) is 0.846. The van der Waals surface area contributed by atoms with E-state index in [0.29, 0.717) is 17.0 Å². The van der Waals surface area contributed by atoms with Gasteiger partial charge < -0.3 is 5.32 Å². The van der Waals surface area contributed by atoms with E-state index in [1.807, 2.05) is 31.3 Å². The predicted octanol–water partition coefficient (Wildman–Crippen LogP) is 4.74. The zero-order valence-electron chi connectivity index (χ0n) is 10.5. The summed E-state index contributed by atoms with van der Waals surface area (Å²) >= 11 is 9.45. The van der Waals surface area contributed by atoms with Gasteiger partial charge in [-0.15, -0.1) is 0 Å². The average molecular weight is 343 g/mol. The van der Waals surface area contributed by atoms with Gasteiger partial charge in [-0.05, 0) is 48.9 Å². The number of halogens is 3. The molecule has 0 heterocycles.